The fourth-order valence-electron chi connectivity index (χ4n) is 2.83. The number of hydrogen-bond donors (Lipinski definition) is 3. The Balaban J connectivity index is 1.99. The molecule has 3 atom stereocenters. The second-order valence-electron chi connectivity index (χ2n) is 6.32. The lowest BCUT2D eigenvalue weighted by Crippen LogP contribution is -2.43. The van der Waals surface area contributed by atoms with Crippen LogP contribution in [0.5, 0.6) is 5.75 Å². The van der Waals surface area contributed by atoms with Crippen molar-refractivity contribution in [3.05, 3.63) is 57.0 Å². The molecule has 11 nitrogen and oxygen atoms in total. The van der Waals surface area contributed by atoms with Crippen molar-refractivity contribution in [2.75, 3.05) is 13.7 Å². The highest BCUT2D eigenvalue weighted by Gasteiger charge is 2.22. The Morgan fingerprint density at radius 2 is 2.00 bits per heavy atom. The minimum absolute atomic E-state index is 0.238. The Labute approximate surface area is 163 Å². The number of ether oxygens (including phenoxy) is 2. The summed E-state index contributed by atoms with van der Waals surface area (Å²) in [5, 5.41) is 33.4. The van der Waals surface area contributed by atoms with Crippen LogP contribution in [0.2, 0.25) is 0 Å². The number of hydrogen-bond acceptors (Lipinski definition) is 9. The zero-order valence-electron chi connectivity index (χ0n) is 15.8. The van der Waals surface area contributed by atoms with Gasteiger partial charge >= 0.3 is 5.69 Å². The maximum absolute atomic E-state index is 12.8. The second-order valence-corrected chi connectivity index (χ2v) is 6.32. The van der Waals surface area contributed by atoms with Crippen molar-refractivity contribution in [3.8, 4) is 5.75 Å². The van der Waals surface area contributed by atoms with Crippen LogP contribution >= 0.6 is 0 Å². The van der Waals surface area contributed by atoms with E-state index in [1.165, 1.54) is 14.0 Å². The Bertz CT molecular complexity index is 1100. The van der Waals surface area contributed by atoms with Gasteiger partial charge in [-0.15, -0.1) is 0 Å². The number of rotatable bonds is 8. The molecule has 3 aromatic rings. The molecule has 0 aliphatic rings. The second kappa shape index (κ2) is 8.57. The normalized spacial score (nSPS) is 14.7. The molecule has 2 heterocycles. The summed E-state index contributed by atoms with van der Waals surface area (Å²) in [4.78, 5) is 25.0. The standard InChI is InChI=1S/C18H21N3O8/c1-10(23)14(9-22)28-18(26)20-7-6-15(24)21(17(20)25)8-11-16-12(27-2)4-3-5-13(16)29-19-11/h3-7,10,14,18,22-23,26H,8-9H2,1-2H3/t10-,14-,18+/m1/s1. The Morgan fingerprint density at radius 3 is 2.66 bits per heavy atom. The molecule has 0 fully saturated rings. The number of aliphatic hydroxyl groups excluding tert-OH is 3. The van der Waals surface area contributed by atoms with Crippen molar-refractivity contribution in [1.29, 1.82) is 0 Å². The van der Waals surface area contributed by atoms with E-state index in [0.29, 0.717) is 22.4 Å². The number of aromatic nitrogens is 3. The third-order valence-corrected chi connectivity index (χ3v) is 4.41. The summed E-state index contributed by atoms with van der Waals surface area (Å²) < 4.78 is 17.2. The van der Waals surface area contributed by atoms with Gasteiger partial charge in [0.05, 0.1) is 31.8 Å². The van der Waals surface area contributed by atoms with Crippen LogP contribution in [0.25, 0.3) is 11.0 Å². The highest BCUT2D eigenvalue weighted by Crippen LogP contribution is 2.28. The predicted molar refractivity (Wildman–Crippen MR) is 99.5 cm³/mol. The lowest BCUT2D eigenvalue weighted by molar-refractivity contribution is -0.214. The van der Waals surface area contributed by atoms with Crippen molar-refractivity contribution in [2.45, 2.75) is 32.1 Å². The van der Waals surface area contributed by atoms with Crippen LogP contribution in [0.3, 0.4) is 0 Å². The SMILES string of the molecule is COc1cccc2onc(Cn3c(=O)ccn([C@@H](O)O[C@H](CO)[C@@H](C)O)c3=O)c12. The fourth-order valence-corrected chi connectivity index (χ4v) is 2.83. The van der Waals surface area contributed by atoms with E-state index in [0.717, 1.165) is 21.4 Å². The fraction of sp³-hybridized carbons (Fsp3) is 0.389. The lowest BCUT2D eigenvalue weighted by atomic mass is 10.2. The monoisotopic (exact) mass is 407 g/mol. The number of aliphatic hydroxyl groups is 3. The molecule has 3 N–H and O–H groups in total. The number of benzene rings is 1. The molecule has 3 rings (SSSR count). The van der Waals surface area contributed by atoms with Gasteiger partial charge < -0.3 is 29.3 Å². The largest absolute Gasteiger partial charge is 0.496 e. The van der Waals surface area contributed by atoms with Gasteiger partial charge in [0.1, 0.15) is 17.5 Å². The highest BCUT2D eigenvalue weighted by atomic mass is 16.6. The van der Waals surface area contributed by atoms with Gasteiger partial charge in [0.15, 0.2) is 5.58 Å². The zero-order valence-corrected chi connectivity index (χ0v) is 15.8. The third kappa shape index (κ3) is 4.07. The molecule has 0 saturated heterocycles. The highest BCUT2D eigenvalue weighted by molar-refractivity contribution is 5.86. The van der Waals surface area contributed by atoms with E-state index in [-0.39, 0.29) is 6.54 Å². The maximum atomic E-state index is 12.8. The van der Waals surface area contributed by atoms with E-state index in [9.17, 15) is 24.9 Å². The Kier molecular flexibility index (Phi) is 6.13. The molecular weight excluding hydrogens is 386 g/mol. The molecule has 0 aliphatic heterocycles. The summed E-state index contributed by atoms with van der Waals surface area (Å²) in [5.41, 5.74) is -0.783. The van der Waals surface area contributed by atoms with E-state index in [1.54, 1.807) is 18.2 Å². The van der Waals surface area contributed by atoms with Gasteiger partial charge in [0, 0.05) is 12.3 Å². The summed E-state index contributed by atoms with van der Waals surface area (Å²) >= 11 is 0. The van der Waals surface area contributed by atoms with Gasteiger partial charge in [-0.3, -0.25) is 13.9 Å². The molecule has 0 radical (unpaired) electrons. The topological polar surface area (TPSA) is 149 Å². The Morgan fingerprint density at radius 1 is 1.24 bits per heavy atom. The van der Waals surface area contributed by atoms with E-state index >= 15 is 0 Å². The zero-order chi connectivity index (χ0) is 21.1. The van der Waals surface area contributed by atoms with Crippen LogP contribution in [-0.2, 0) is 11.3 Å². The van der Waals surface area contributed by atoms with Crippen molar-refractivity contribution in [2.24, 2.45) is 0 Å². The molecule has 29 heavy (non-hydrogen) atoms. The summed E-state index contributed by atoms with van der Waals surface area (Å²) in [7, 11) is 1.47. The van der Waals surface area contributed by atoms with Gasteiger partial charge in [-0.25, -0.2) is 4.79 Å². The van der Waals surface area contributed by atoms with Gasteiger partial charge in [0.25, 0.3) is 5.56 Å². The van der Waals surface area contributed by atoms with E-state index in [2.05, 4.69) is 5.16 Å². The van der Waals surface area contributed by atoms with Crippen LogP contribution in [0.1, 0.15) is 19.0 Å². The molecule has 0 saturated carbocycles. The van der Waals surface area contributed by atoms with Gasteiger partial charge in [-0.05, 0) is 19.1 Å². The van der Waals surface area contributed by atoms with Gasteiger partial charge in [0.2, 0.25) is 6.41 Å². The molecule has 0 amide bonds. The molecule has 0 spiro atoms. The van der Waals surface area contributed by atoms with Gasteiger partial charge in [-0.2, -0.15) is 0 Å². The first-order valence-corrected chi connectivity index (χ1v) is 8.73. The molecule has 0 unspecified atom stereocenters. The first-order valence-electron chi connectivity index (χ1n) is 8.73. The van der Waals surface area contributed by atoms with Crippen LogP contribution in [-0.4, -0.2) is 55.5 Å². The molecule has 1 aromatic carbocycles. The number of methoxy groups -OCH3 is 1. The molecule has 11 heteroatoms. The molecule has 2 aromatic heterocycles. The smallest absolute Gasteiger partial charge is 0.335 e. The molecule has 0 aliphatic carbocycles. The first kappa shape index (κ1) is 20.7. The van der Waals surface area contributed by atoms with Crippen LogP contribution < -0.4 is 16.0 Å². The maximum Gasteiger partial charge on any atom is 0.335 e. The van der Waals surface area contributed by atoms with Crippen molar-refractivity contribution in [1.82, 2.24) is 14.3 Å². The van der Waals surface area contributed by atoms with Crippen molar-refractivity contribution < 1.29 is 29.3 Å². The minimum Gasteiger partial charge on any atom is -0.496 e. The van der Waals surface area contributed by atoms with Gasteiger partial charge in [-0.1, -0.05) is 11.2 Å². The van der Waals surface area contributed by atoms with Crippen molar-refractivity contribution >= 4 is 11.0 Å². The van der Waals surface area contributed by atoms with Crippen LogP contribution in [0, 0.1) is 0 Å². The number of fused-ring (bicyclic) bond motifs is 1. The Hall–Kier alpha value is -2.99. The van der Waals surface area contributed by atoms with Crippen molar-refractivity contribution in [3.63, 3.8) is 0 Å². The lowest BCUT2D eigenvalue weighted by Gasteiger charge is -2.23. The summed E-state index contributed by atoms with van der Waals surface area (Å²) in [6, 6.07) is 6.15. The number of nitrogens with zero attached hydrogens (tertiary/aromatic N) is 3. The van der Waals surface area contributed by atoms with E-state index in [4.69, 9.17) is 14.0 Å². The average molecular weight is 407 g/mol. The van der Waals surface area contributed by atoms with Crippen LogP contribution in [0.4, 0.5) is 0 Å². The third-order valence-electron chi connectivity index (χ3n) is 4.41. The minimum atomic E-state index is -1.83. The predicted octanol–water partition coefficient (Wildman–Crippen LogP) is -0.585. The summed E-state index contributed by atoms with van der Waals surface area (Å²) in [6.45, 7) is 0.548. The van der Waals surface area contributed by atoms with E-state index in [1.807, 2.05) is 0 Å². The quantitative estimate of drug-likeness (QED) is 0.417. The average Bonchev–Trinajstić information content (AvgIpc) is 3.11. The molecule has 156 valence electrons. The van der Waals surface area contributed by atoms with E-state index < -0.39 is 36.5 Å². The molecule has 0 bridgehead atoms. The summed E-state index contributed by atoms with van der Waals surface area (Å²) in [5.74, 6) is 0.467. The summed E-state index contributed by atoms with van der Waals surface area (Å²) in [6.07, 6.45) is -2.99. The van der Waals surface area contributed by atoms with Crippen LogP contribution in [0.15, 0.2) is 44.6 Å². The first-order chi connectivity index (χ1) is 13.9. The molecular formula is C18H21N3O8.